The van der Waals surface area contributed by atoms with Gasteiger partial charge in [-0.15, -0.1) is 0 Å². The molecule has 156 valence electrons. The number of hydrogen-bond donors (Lipinski definition) is 3. The molecule has 7 heteroatoms. The molecule has 0 aliphatic carbocycles. The van der Waals surface area contributed by atoms with Crippen molar-refractivity contribution in [2.45, 2.75) is 33.6 Å². The largest absolute Gasteiger partial charge is 0.329 e. The molecule has 0 saturated carbocycles. The first-order valence-corrected chi connectivity index (χ1v) is 9.67. The maximum Gasteiger partial charge on any atom is 0.253 e. The second-order valence-electron chi connectivity index (χ2n) is 7.53. The third kappa shape index (κ3) is 5.11. The average Bonchev–Trinajstić information content (AvgIpc) is 2.68. The van der Waals surface area contributed by atoms with Gasteiger partial charge in [-0.05, 0) is 63.1 Å². The van der Waals surface area contributed by atoms with Crippen LogP contribution < -0.4 is 16.0 Å². The van der Waals surface area contributed by atoms with Gasteiger partial charge in [-0.1, -0.05) is 17.7 Å². The molecule has 0 fully saturated rings. The lowest BCUT2D eigenvalue weighted by Gasteiger charge is -2.25. The Morgan fingerprint density at radius 2 is 1.77 bits per heavy atom. The molecule has 2 aromatic carbocycles. The fourth-order valence-electron chi connectivity index (χ4n) is 3.40. The van der Waals surface area contributed by atoms with Crippen LogP contribution >= 0.6 is 0 Å². The summed E-state index contributed by atoms with van der Waals surface area (Å²) in [5, 5.41) is 8.23. The van der Waals surface area contributed by atoms with E-state index in [9.17, 15) is 18.8 Å². The van der Waals surface area contributed by atoms with E-state index in [2.05, 4.69) is 16.0 Å². The summed E-state index contributed by atoms with van der Waals surface area (Å²) >= 11 is 0. The van der Waals surface area contributed by atoms with Crippen molar-refractivity contribution in [2.24, 2.45) is 5.92 Å². The van der Waals surface area contributed by atoms with Crippen molar-refractivity contribution in [1.82, 2.24) is 5.32 Å². The van der Waals surface area contributed by atoms with Crippen molar-refractivity contribution in [3.8, 4) is 0 Å². The molecule has 0 aromatic heterocycles. The number of allylic oxidation sites excluding steroid dienone is 1. The summed E-state index contributed by atoms with van der Waals surface area (Å²) in [5.74, 6) is -2.06. The van der Waals surface area contributed by atoms with Crippen molar-refractivity contribution >= 4 is 29.1 Å². The van der Waals surface area contributed by atoms with Gasteiger partial charge in [0.25, 0.3) is 5.91 Å². The first kappa shape index (κ1) is 21.2. The molecule has 6 nitrogen and oxygen atoms in total. The third-order valence-electron chi connectivity index (χ3n) is 5.05. The minimum absolute atomic E-state index is 0.0865. The molecule has 1 unspecified atom stereocenters. The van der Waals surface area contributed by atoms with Gasteiger partial charge in [-0.25, -0.2) is 4.39 Å². The molecule has 1 aliphatic heterocycles. The highest BCUT2D eigenvalue weighted by Gasteiger charge is 2.31. The number of carbonyl (C=O) groups is 3. The van der Waals surface area contributed by atoms with E-state index in [1.807, 2.05) is 32.0 Å². The Bertz CT molecular complexity index is 1030. The smallest absolute Gasteiger partial charge is 0.253 e. The standard InChI is InChI=1S/C23H24FN3O3/c1-13-4-9-20(14(2)10-13)27-23(30)19-11-16(22(29)25-15(19)3)12-21(28)26-18-7-5-17(24)6-8-18/h4-10,16H,11-12H2,1-3H3,(H,25,29)(H,26,28)(H,27,30). The Balaban J connectivity index is 1.67. The van der Waals surface area contributed by atoms with Crippen molar-refractivity contribution in [1.29, 1.82) is 0 Å². The summed E-state index contributed by atoms with van der Waals surface area (Å²) in [6, 6.07) is 11.1. The molecular weight excluding hydrogens is 385 g/mol. The van der Waals surface area contributed by atoms with Gasteiger partial charge in [0.15, 0.2) is 0 Å². The quantitative estimate of drug-likeness (QED) is 0.702. The Kier molecular flexibility index (Phi) is 6.30. The Labute approximate surface area is 174 Å². The van der Waals surface area contributed by atoms with Crippen LogP contribution in [0.25, 0.3) is 0 Å². The SMILES string of the molecule is CC1=C(C(=O)Nc2ccc(C)cc2C)CC(CC(=O)Nc2ccc(F)cc2)C(=O)N1. The number of anilines is 2. The lowest BCUT2D eigenvalue weighted by Crippen LogP contribution is -2.39. The highest BCUT2D eigenvalue weighted by molar-refractivity contribution is 6.06. The van der Waals surface area contributed by atoms with E-state index >= 15 is 0 Å². The number of benzene rings is 2. The number of carbonyl (C=O) groups excluding carboxylic acids is 3. The lowest BCUT2D eigenvalue weighted by atomic mass is 9.90. The number of aryl methyl sites for hydroxylation is 2. The van der Waals surface area contributed by atoms with Gasteiger partial charge in [-0.3, -0.25) is 14.4 Å². The van der Waals surface area contributed by atoms with Crippen molar-refractivity contribution < 1.29 is 18.8 Å². The van der Waals surface area contributed by atoms with Crippen molar-refractivity contribution in [2.75, 3.05) is 10.6 Å². The van der Waals surface area contributed by atoms with Crippen LogP contribution in [-0.4, -0.2) is 17.7 Å². The number of halogens is 1. The van der Waals surface area contributed by atoms with Gasteiger partial charge in [0.1, 0.15) is 5.82 Å². The number of rotatable bonds is 5. The number of amides is 3. The van der Waals surface area contributed by atoms with Gasteiger partial charge < -0.3 is 16.0 Å². The Morgan fingerprint density at radius 3 is 2.43 bits per heavy atom. The highest BCUT2D eigenvalue weighted by Crippen LogP contribution is 2.26. The third-order valence-corrected chi connectivity index (χ3v) is 5.05. The fraction of sp³-hybridized carbons (Fsp3) is 0.261. The van der Waals surface area contributed by atoms with Crippen LogP contribution in [-0.2, 0) is 14.4 Å². The zero-order valence-corrected chi connectivity index (χ0v) is 17.1. The van der Waals surface area contributed by atoms with Gasteiger partial charge in [0.05, 0.1) is 5.92 Å². The summed E-state index contributed by atoms with van der Waals surface area (Å²) in [5.41, 5.74) is 4.10. The van der Waals surface area contributed by atoms with E-state index in [4.69, 9.17) is 0 Å². The molecule has 0 bridgehead atoms. The summed E-state index contributed by atoms with van der Waals surface area (Å²) in [6.45, 7) is 5.56. The maximum absolute atomic E-state index is 13.0. The van der Waals surface area contributed by atoms with E-state index in [-0.39, 0.29) is 30.6 Å². The minimum atomic E-state index is -0.672. The molecular formula is C23H24FN3O3. The predicted molar refractivity (Wildman–Crippen MR) is 113 cm³/mol. The molecule has 3 amide bonds. The van der Waals surface area contributed by atoms with Crippen LogP contribution in [0.15, 0.2) is 53.7 Å². The lowest BCUT2D eigenvalue weighted by molar-refractivity contribution is -0.128. The van der Waals surface area contributed by atoms with Gasteiger partial charge in [0, 0.05) is 29.1 Å². The molecule has 3 rings (SSSR count). The zero-order valence-electron chi connectivity index (χ0n) is 17.1. The number of hydrogen-bond acceptors (Lipinski definition) is 3. The zero-order chi connectivity index (χ0) is 21.8. The second kappa shape index (κ2) is 8.90. The van der Waals surface area contributed by atoms with E-state index in [1.165, 1.54) is 24.3 Å². The van der Waals surface area contributed by atoms with Crippen LogP contribution in [0.5, 0.6) is 0 Å². The van der Waals surface area contributed by atoms with Crippen LogP contribution in [0.4, 0.5) is 15.8 Å². The maximum atomic E-state index is 13.0. The van der Waals surface area contributed by atoms with Crippen LogP contribution in [0.2, 0.25) is 0 Å². The van der Waals surface area contributed by atoms with E-state index in [1.54, 1.807) is 6.92 Å². The fourth-order valence-corrected chi connectivity index (χ4v) is 3.40. The Morgan fingerprint density at radius 1 is 1.07 bits per heavy atom. The van der Waals surface area contributed by atoms with Gasteiger partial charge in [-0.2, -0.15) is 0 Å². The van der Waals surface area contributed by atoms with E-state index in [0.29, 0.717) is 22.6 Å². The monoisotopic (exact) mass is 409 g/mol. The first-order valence-electron chi connectivity index (χ1n) is 9.67. The summed E-state index contributed by atoms with van der Waals surface area (Å²) in [4.78, 5) is 37.5. The molecule has 1 heterocycles. The van der Waals surface area contributed by atoms with E-state index < -0.39 is 11.7 Å². The molecule has 1 aliphatic rings. The molecule has 1 atom stereocenters. The molecule has 0 saturated heterocycles. The Hall–Kier alpha value is -3.48. The van der Waals surface area contributed by atoms with Crippen LogP contribution in [0.1, 0.15) is 30.9 Å². The average molecular weight is 409 g/mol. The second-order valence-corrected chi connectivity index (χ2v) is 7.53. The minimum Gasteiger partial charge on any atom is -0.329 e. The van der Waals surface area contributed by atoms with Crippen LogP contribution in [0.3, 0.4) is 0 Å². The number of nitrogens with one attached hydrogen (secondary N) is 3. The van der Waals surface area contributed by atoms with Crippen molar-refractivity contribution in [3.05, 3.63) is 70.7 Å². The first-order chi connectivity index (χ1) is 14.2. The molecule has 30 heavy (non-hydrogen) atoms. The molecule has 3 N–H and O–H groups in total. The summed E-state index contributed by atoms with van der Waals surface area (Å²) in [6.07, 6.45) is 0.0715. The van der Waals surface area contributed by atoms with Gasteiger partial charge in [0.2, 0.25) is 11.8 Å². The normalized spacial score (nSPS) is 16.1. The summed E-state index contributed by atoms with van der Waals surface area (Å²) in [7, 11) is 0. The molecule has 0 radical (unpaired) electrons. The van der Waals surface area contributed by atoms with Gasteiger partial charge >= 0.3 is 0 Å². The highest BCUT2D eigenvalue weighted by atomic mass is 19.1. The van der Waals surface area contributed by atoms with Crippen molar-refractivity contribution in [3.63, 3.8) is 0 Å². The summed E-state index contributed by atoms with van der Waals surface area (Å²) < 4.78 is 13.0. The topological polar surface area (TPSA) is 87.3 Å². The molecule has 0 spiro atoms. The molecule has 2 aromatic rings. The van der Waals surface area contributed by atoms with E-state index in [0.717, 1.165) is 11.1 Å². The predicted octanol–water partition coefficient (Wildman–Crippen LogP) is 3.82. The van der Waals surface area contributed by atoms with Crippen LogP contribution in [0, 0.1) is 25.6 Å².